The van der Waals surface area contributed by atoms with Crippen molar-refractivity contribution >= 4 is 11.9 Å². The maximum atomic E-state index is 11.9. The third-order valence-corrected chi connectivity index (χ3v) is 5.40. The van der Waals surface area contributed by atoms with Gasteiger partial charge in [-0.3, -0.25) is 9.59 Å². The SMILES string of the molecule is CCCCCCCCCCC(=O)OCC(CO)OC(=O)CCCCCCCCCC. The smallest absolute Gasteiger partial charge is 0.306 e. The Kier molecular flexibility index (Phi) is 21.8. The number of aliphatic hydroxyl groups excluding tert-OH is 1. The lowest BCUT2D eigenvalue weighted by molar-refractivity contribution is -0.161. The summed E-state index contributed by atoms with van der Waals surface area (Å²) in [4.78, 5) is 23.7. The Labute approximate surface area is 185 Å². The molecule has 0 amide bonds. The van der Waals surface area contributed by atoms with Crippen molar-refractivity contribution in [3.05, 3.63) is 0 Å². The van der Waals surface area contributed by atoms with E-state index in [9.17, 15) is 14.7 Å². The van der Waals surface area contributed by atoms with Crippen LogP contribution < -0.4 is 0 Å². The van der Waals surface area contributed by atoms with Crippen molar-refractivity contribution in [2.75, 3.05) is 13.2 Å². The zero-order valence-electron chi connectivity index (χ0n) is 19.8. The lowest BCUT2D eigenvalue weighted by atomic mass is 10.1. The summed E-state index contributed by atoms with van der Waals surface area (Å²) in [5, 5.41) is 9.37. The molecule has 5 nitrogen and oxygen atoms in total. The van der Waals surface area contributed by atoms with E-state index in [0.29, 0.717) is 12.8 Å². The van der Waals surface area contributed by atoms with Gasteiger partial charge < -0.3 is 14.6 Å². The molecule has 0 spiro atoms. The fraction of sp³-hybridized carbons (Fsp3) is 0.920. The van der Waals surface area contributed by atoms with Crippen molar-refractivity contribution in [3.8, 4) is 0 Å². The highest BCUT2D eigenvalue weighted by molar-refractivity contribution is 5.70. The molecule has 1 N–H and O–H groups in total. The Morgan fingerprint density at radius 3 is 1.47 bits per heavy atom. The average Bonchev–Trinajstić information content (AvgIpc) is 2.74. The zero-order valence-corrected chi connectivity index (χ0v) is 19.8. The molecule has 0 rings (SSSR count). The predicted octanol–water partition coefficient (Wildman–Crippen LogP) is 6.50. The molecule has 0 radical (unpaired) electrons. The number of carbonyl (C=O) groups is 2. The summed E-state index contributed by atoms with van der Waals surface area (Å²) in [6.07, 6.45) is 18.7. The van der Waals surface area contributed by atoms with Crippen molar-refractivity contribution in [2.24, 2.45) is 0 Å². The van der Waals surface area contributed by atoms with Crippen LogP contribution in [0, 0.1) is 0 Å². The molecule has 0 saturated heterocycles. The highest BCUT2D eigenvalue weighted by Crippen LogP contribution is 2.11. The fourth-order valence-corrected chi connectivity index (χ4v) is 3.43. The van der Waals surface area contributed by atoms with Crippen LogP contribution >= 0.6 is 0 Å². The third-order valence-electron chi connectivity index (χ3n) is 5.40. The largest absolute Gasteiger partial charge is 0.462 e. The minimum Gasteiger partial charge on any atom is -0.462 e. The van der Waals surface area contributed by atoms with E-state index in [-0.39, 0.29) is 25.2 Å². The number of aliphatic hydroxyl groups is 1. The lowest BCUT2D eigenvalue weighted by Crippen LogP contribution is -2.28. The van der Waals surface area contributed by atoms with Crippen molar-refractivity contribution in [2.45, 2.75) is 136 Å². The van der Waals surface area contributed by atoms with Gasteiger partial charge in [0, 0.05) is 12.8 Å². The normalized spacial score (nSPS) is 12.0. The Morgan fingerprint density at radius 1 is 0.633 bits per heavy atom. The molecule has 0 heterocycles. The molecule has 0 aromatic carbocycles. The first-order valence-corrected chi connectivity index (χ1v) is 12.6. The number of hydrogen-bond acceptors (Lipinski definition) is 5. The molecule has 0 aliphatic carbocycles. The summed E-state index contributed by atoms with van der Waals surface area (Å²) >= 11 is 0. The minimum absolute atomic E-state index is 0.0600. The van der Waals surface area contributed by atoms with Gasteiger partial charge in [-0.25, -0.2) is 0 Å². The van der Waals surface area contributed by atoms with Crippen LogP contribution in [0.4, 0.5) is 0 Å². The van der Waals surface area contributed by atoms with Gasteiger partial charge in [0.15, 0.2) is 6.10 Å². The number of unbranched alkanes of at least 4 members (excludes halogenated alkanes) is 14. The van der Waals surface area contributed by atoms with Crippen LogP contribution in [-0.4, -0.2) is 36.4 Å². The average molecular weight is 429 g/mol. The molecule has 30 heavy (non-hydrogen) atoms. The molecule has 0 bridgehead atoms. The van der Waals surface area contributed by atoms with Gasteiger partial charge in [0.05, 0.1) is 6.61 Å². The van der Waals surface area contributed by atoms with Gasteiger partial charge in [-0.2, -0.15) is 0 Å². The van der Waals surface area contributed by atoms with Crippen LogP contribution in [0.15, 0.2) is 0 Å². The Balaban J connectivity index is 3.64. The second-order valence-electron chi connectivity index (χ2n) is 8.43. The number of esters is 2. The first kappa shape index (κ1) is 28.9. The highest BCUT2D eigenvalue weighted by Gasteiger charge is 2.16. The van der Waals surface area contributed by atoms with Gasteiger partial charge in [-0.05, 0) is 12.8 Å². The van der Waals surface area contributed by atoms with Gasteiger partial charge in [0.1, 0.15) is 6.61 Å². The summed E-state index contributed by atoms with van der Waals surface area (Å²) in [6, 6.07) is 0. The Bertz CT molecular complexity index is 397. The van der Waals surface area contributed by atoms with Crippen molar-refractivity contribution < 1.29 is 24.2 Å². The van der Waals surface area contributed by atoms with Gasteiger partial charge in [0.2, 0.25) is 0 Å². The van der Waals surface area contributed by atoms with Gasteiger partial charge in [-0.1, -0.05) is 104 Å². The van der Waals surface area contributed by atoms with E-state index in [0.717, 1.165) is 38.5 Å². The van der Waals surface area contributed by atoms with Crippen LogP contribution in [0.1, 0.15) is 129 Å². The summed E-state index contributed by atoms with van der Waals surface area (Å²) < 4.78 is 10.4. The highest BCUT2D eigenvalue weighted by atomic mass is 16.6. The molecule has 178 valence electrons. The fourth-order valence-electron chi connectivity index (χ4n) is 3.43. The van der Waals surface area contributed by atoms with Crippen molar-refractivity contribution in [1.29, 1.82) is 0 Å². The van der Waals surface area contributed by atoms with Crippen LogP contribution in [0.25, 0.3) is 0 Å². The van der Waals surface area contributed by atoms with E-state index in [2.05, 4.69) is 13.8 Å². The number of rotatable bonds is 22. The van der Waals surface area contributed by atoms with E-state index in [4.69, 9.17) is 9.47 Å². The number of ether oxygens (including phenoxy) is 2. The van der Waals surface area contributed by atoms with Crippen LogP contribution in [0.5, 0.6) is 0 Å². The summed E-state index contributed by atoms with van der Waals surface area (Å²) in [5.41, 5.74) is 0. The molecular formula is C25H48O5. The van der Waals surface area contributed by atoms with Gasteiger partial charge >= 0.3 is 11.9 Å². The molecule has 1 unspecified atom stereocenters. The Morgan fingerprint density at radius 2 is 1.03 bits per heavy atom. The molecule has 0 aromatic heterocycles. The van der Waals surface area contributed by atoms with Crippen LogP contribution in [0.3, 0.4) is 0 Å². The minimum atomic E-state index is -0.756. The first-order valence-electron chi connectivity index (χ1n) is 12.6. The lowest BCUT2D eigenvalue weighted by Gasteiger charge is -2.15. The number of carbonyl (C=O) groups excluding carboxylic acids is 2. The van der Waals surface area contributed by atoms with Crippen molar-refractivity contribution in [3.63, 3.8) is 0 Å². The maximum Gasteiger partial charge on any atom is 0.306 e. The van der Waals surface area contributed by atoms with E-state index >= 15 is 0 Å². The van der Waals surface area contributed by atoms with Crippen LogP contribution in [0.2, 0.25) is 0 Å². The molecule has 0 aliphatic rings. The van der Waals surface area contributed by atoms with E-state index in [1.807, 2.05) is 0 Å². The van der Waals surface area contributed by atoms with E-state index in [1.54, 1.807) is 0 Å². The Hall–Kier alpha value is -1.10. The van der Waals surface area contributed by atoms with Crippen LogP contribution in [-0.2, 0) is 19.1 Å². The maximum absolute atomic E-state index is 11.9. The quantitative estimate of drug-likeness (QED) is 0.157. The zero-order chi connectivity index (χ0) is 22.3. The first-order chi connectivity index (χ1) is 14.6. The predicted molar refractivity (Wildman–Crippen MR) is 122 cm³/mol. The van der Waals surface area contributed by atoms with Gasteiger partial charge in [-0.15, -0.1) is 0 Å². The summed E-state index contributed by atoms with van der Waals surface area (Å²) in [7, 11) is 0. The summed E-state index contributed by atoms with van der Waals surface area (Å²) in [5.74, 6) is -0.599. The molecule has 0 fully saturated rings. The second-order valence-corrected chi connectivity index (χ2v) is 8.43. The standard InChI is InChI=1S/C25H48O5/c1-3-5-7-9-11-13-15-17-19-24(27)29-22-23(21-26)30-25(28)20-18-16-14-12-10-8-6-4-2/h23,26H,3-22H2,1-2H3. The molecular weight excluding hydrogens is 380 g/mol. The van der Waals surface area contributed by atoms with Gasteiger partial charge in [0.25, 0.3) is 0 Å². The van der Waals surface area contributed by atoms with E-state index < -0.39 is 6.10 Å². The van der Waals surface area contributed by atoms with E-state index in [1.165, 1.54) is 64.2 Å². The number of hydrogen-bond donors (Lipinski definition) is 1. The third kappa shape index (κ3) is 20.2. The van der Waals surface area contributed by atoms with Crippen molar-refractivity contribution in [1.82, 2.24) is 0 Å². The molecule has 0 aromatic rings. The molecule has 0 saturated carbocycles. The molecule has 0 aliphatic heterocycles. The summed E-state index contributed by atoms with van der Waals surface area (Å²) in [6.45, 7) is 4.04. The second kappa shape index (κ2) is 22.6. The molecule has 1 atom stereocenters. The molecule has 5 heteroatoms. The topological polar surface area (TPSA) is 72.8 Å². The monoisotopic (exact) mass is 428 g/mol.